The molecule has 0 saturated heterocycles. The number of ether oxygens (including phenoxy) is 1. The molecule has 6 N–H and O–H groups in total. The summed E-state index contributed by atoms with van der Waals surface area (Å²) in [5, 5.41) is 33.4. The Bertz CT molecular complexity index is 753. The number of carbonyl (C=O) groups excluding carboxylic acids is 2. The Morgan fingerprint density at radius 1 is 1.27 bits per heavy atom. The minimum atomic E-state index is -1.31. The molecule has 8 nitrogen and oxygen atoms in total. The van der Waals surface area contributed by atoms with E-state index >= 15 is 0 Å². The molecule has 1 aromatic carbocycles. The van der Waals surface area contributed by atoms with Crippen molar-refractivity contribution < 1.29 is 29.6 Å². The largest absolute Gasteiger partial charge is 0.507 e. The van der Waals surface area contributed by atoms with Gasteiger partial charge in [-0.1, -0.05) is 39.8 Å². The zero-order valence-electron chi connectivity index (χ0n) is 18.0. The molecular weight excluding hydrogens is 388 g/mol. The third-order valence-corrected chi connectivity index (χ3v) is 5.70. The number of phenols is 1. The fourth-order valence-electron chi connectivity index (χ4n) is 3.74. The molecule has 0 saturated carbocycles. The van der Waals surface area contributed by atoms with Crippen molar-refractivity contribution in [3.8, 4) is 5.75 Å². The zero-order valence-corrected chi connectivity index (χ0v) is 18.0. The quantitative estimate of drug-likeness (QED) is 0.375. The highest BCUT2D eigenvalue weighted by atomic mass is 16.5. The summed E-state index contributed by atoms with van der Waals surface area (Å²) in [7, 11) is 0. The highest BCUT2D eigenvalue weighted by Crippen LogP contribution is 2.30. The molecule has 0 unspecified atom stereocenters. The lowest BCUT2D eigenvalue weighted by Crippen LogP contribution is -2.53. The van der Waals surface area contributed by atoms with Crippen molar-refractivity contribution in [3.05, 3.63) is 29.3 Å². The first-order valence-electron chi connectivity index (χ1n) is 10.5. The van der Waals surface area contributed by atoms with E-state index in [0.717, 1.165) is 0 Å². The summed E-state index contributed by atoms with van der Waals surface area (Å²) < 4.78 is 5.56. The highest BCUT2D eigenvalue weighted by molar-refractivity contribution is 5.95. The van der Waals surface area contributed by atoms with Crippen LogP contribution in [-0.2, 0) is 16.0 Å². The molecule has 1 aromatic rings. The maximum Gasteiger partial charge on any atom is 0.342 e. The first-order chi connectivity index (χ1) is 14.1. The Morgan fingerprint density at radius 2 is 1.93 bits per heavy atom. The molecule has 6 atom stereocenters. The van der Waals surface area contributed by atoms with Crippen LogP contribution in [0.3, 0.4) is 0 Å². The van der Waals surface area contributed by atoms with Gasteiger partial charge in [0, 0.05) is 12.5 Å². The number of aliphatic hydroxyl groups is 2. The van der Waals surface area contributed by atoms with E-state index in [1.54, 1.807) is 19.1 Å². The Morgan fingerprint density at radius 3 is 2.53 bits per heavy atom. The molecule has 0 radical (unpaired) electrons. The second-order valence-corrected chi connectivity index (χ2v) is 8.55. The van der Waals surface area contributed by atoms with Crippen molar-refractivity contribution in [2.75, 3.05) is 0 Å². The third-order valence-electron chi connectivity index (χ3n) is 5.70. The van der Waals surface area contributed by atoms with Gasteiger partial charge in [-0.3, -0.25) is 4.79 Å². The van der Waals surface area contributed by atoms with Gasteiger partial charge in [0.2, 0.25) is 5.91 Å². The number of cyclic esters (lactones) is 1. The Hall–Kier alpha value is -2.16. The summed E-state index contributed by atoms with van der Waals surface area (Å²) in [5.41, 5.74) is 6.61. The molecule has 1 aliphatic rings. The number of carbonyl (C=O) groups is 2. The number of hydrogen-bond acceptors (Lipinski definition) is 7. The molecule has 0 aliphatic carbocycles. The number of amides is 1. The van der Waals surface area contributed by atoms with E-state index in [9.17, 15) is 24.9 Å². The smallest absolute Gasteiger partial charge is 0.342 e. The summed E-state index contributed by atoms with van der Waals surface area (Å²) in [5.74, 6) is -1.90. The van der Waals surface area contributed by atoms with E-state index in [0.29, 0.717) is 24.8 Å². The maximum atomic E-state index is 12.8. The molecular formula is C22H34N2O6. The van der Waals surface area contributed by atoms with Crippen molar-refractivity contribution in [1.82, 2.24) is 5.32 Å². The molecule has 0 fully saturated rings. The fraction of sp³-hybridized carbons (Fsp3) is 0.636. The Balaban J connectivity index is 2.16. The summed E-state index contributed by atoms with van der Waals surface area (Å²) >= 11 is 0. The molecule has 0 aromatic heterocycles. The zero-order chi connectivity index (χ0) is 22.6. The number of aliphatic hydroxyl groups excluding tert-OH is 2. The third kappa shape index (κ3) is 5.50. The predicted molar refractivity (Wildman–Crippen MR) is 112 cm³/mol. The van der Waals surface area contributed by atoms with E-state index in [4.69, 9.17) is 10.5 Å². The van der Waals surface area contributed by atoms with Crippen LogP contribution in [0.5, 0.6) is 5.75 Å². The number of nitrogens with one attached hydrogen (secondary N) is 1. The summed E-state index contributed by atoms with van der Waals surface area (Å²) in [4.78, 5) is 25.3. The lowest BCUT2D eigenvalue weighted by Gasteiger charge is -2.34. The minimum absolute atomic E-state index is 0.126. The second-order valence-electron chi connectivity index (χ2n) is 8.55. The molecule has 168 valence electrons. The SMILES string of the molecule is CC[C@@H](N)[C@H](O)[C@@H](O)[C@@H](C)C(=O)N[C@H](CC(C)C)[C@H]1Cc2cccc(O)c2C(=O)O1. The molecule has 2 rings (SSSR count). The van der Waals surface area contributed by atoms with Crippen LogP contribution in [-0.4, -0.2) is 57.6 Å². The van der Waals surface area contributed by atoms with Gasteiger partial charge in [-0.2, -0.15) is 0 Å². The first-order valence-corrected chi connectivity index (χ1v) is 10.5. The van der Waals surface area contributed by atoms with Crippen LogP contribution < -0.4 is 11.1 Å². The minimum Gasteiger partial charge on any atom is -0.507 e. The van der Waals surface area contributed by atoms with Gasteiger partial charge in [0.05, 0.1) is 24.2 Å². The van der Waals surface area contributed by atoms with Gasteiger partial charge in [-0.25, -0.2) is 4.79 Å². The normalized spacial score (nSPS) is 21.2. The summed E-state index contributed by atoms with van der Waals surface area (Å²) in [6.45, 7) is 7.30. The second kappa shape index (κ2) is 10.2. The Labute approximate surface area is 177 Å². The van der Waals surface area contributed by atoms with E-state index in [-0.39, 0.29) is 17.2 Å². The molecule has 1 heterocycles. The lowest BCUT2D eigenvalue weighted by atomic mass is 9.89. The highest BCUT2D eigenvalue weighted by Gasteiger charge is 2.37. The van der Waals surface area contributed by atoms with E-state index in [1.165, 1.54) is 13.0 Å². The van der Waals surface area contributed by atoms with Gasteiger partial charge >= 0.3 is 5.97 Å². The van der Waals surface area contributed by atoms with Crippen LogP contribution in [0.4, 0.5) is 0 Å². The van der Waals surface area contributed by atoms with Crippen LogP contribution in [0.2, 0.25) is 0 Å². The number of benzene rings is 1. The molecule has 30 heavy (non-hydrogen) atoms. The summed E-state index contributed by atoms with van der Waals surface area (Å²) in [6, 6.07) is 3.74. The van der Waals surface area contributed by atoms with Gasteiger partial charge in [0.25, 0.3) is 0 Å². The predicted octanol–water partition coefficient (Wildman–Crippen LogP) is 1.10. The van der Waals surface area contributed by atoms with E-state index in [1.807, 2.05) is 13.8 Å². The van der Waals surface area contributed by atoms with E-state index < -0.39 is 48.2 Å². The Kier molecular flexibility index (Phi) is 8.23. The lowest BCUT2D eigenvalue weighted by molar-refractivity contribution is -0.133. The fourth-order valence-corrected chi connectivity index (χ4v) is 3.74. The topological polar surface area (TPSA) is 142 Å². The van der Waals surface area contributed by atoms with Crippen LogP contribution in [0, 0.1) is 11.8 Å². The molecule has 0 spiro atoms. The van der Waals surface area contributed by atoms with Crippen LogP contribution >= 0.6 is 0 Å². The average Bonchev–Trinajstić information content (AvgIpc) is 2.70. The summed E-state index contributed by atoms with van der Waals surface area (Å²) in [6.07, 6.45) is -1.77. The van der Waals surface area contributed by atoms with Crippen LogP contribution in [0.1, 0.15) is 56.5 Å². The van der Waals surface area contributed by atoms with Crippen molar-refractivity contribution in [2.24, 2.45) is 17.6 Å². The van der Waals surface area contributed by atoms with Gasteiger partial charge in [0.15, 0.2) is 0 Å². The van der Waals surface area contributed by atoms with Crippen molar-refractivity contribution in [3.63, 3.8) is 0 Å². The van der Waals surface area contributed by atoms with Gasteiger partial charge in [0.1, 0.15) is 17.4 Å². The average molecular weight is 423 g/mol. The van der Waals surface area contributed by atoms with Crippen LogP contribution in [0.25, 0.3) is 0 Å². The van der Waals surface area contributed by atoms with E-state index in [2.05, 4.69) is 5.32 Å². The number of hydrogen-bond donors (Lipinski definition) is 5. The van der Waals surface area contributed by atoms with Crippen molar-refractivity contribution in [2.45, 2.75) is 77.4 Å². The monoisotopic (exact) mass is 422 g/mol. The number of fused-ring (bicyclic) bond motifs is 1. The standard InChI is InChI=1S/C22H34N2O6/c1-5-14(23)20(27)19(26)12(4)21(28)24-15(9-11(2)3)17-10-13-7-6-8-16(25)18(13)22(29)30-17/h6-8,11-12,14-15,17,19-20,25-27H,5,9-10,23H2,1-4H3,(H,24,28)/t12-,14-,15-,17-,19+,20+/m1/s1. The van der Waals surface area contributed by atoms with Crippen LogP contribution in [0.15, 0.2) is 18.2 Å². The van der Waals surface area contributed by atoms with Crippen molar-refractivity contribution >= 4 is 11.9 Å². The maximum absolute atomic E-state index is 12.8. The van der Waals surface area contributed by atoms with Gasteiger partial charge in [-0.05, 0) is 30.4 Å². The number of nitrogens with two attached hydrogens (primary N) is 1. The van der Waals surface area contributed by atoms with Gasteiger partial charge in [-0.15, -0.1) is 0 Å². The number of phenolic OH excluding ortho intramolecular Hbond substituents is 1. The first kappa shape index (κ1) is 24.1. The van der Waals surface area contributed by atoms with Gasteiger partial charge < -0.3 is 31.1 Å². The molecule has 1 aliphatic heterocycles. The number of esters is 1. The molecule has 8 heteroatoms. The van der Waals surface area contributed by atoms with Crippen molar-refractivity contribution in [1.29, 1.82) is 0 Å². The molecule has 1 amide bonds. The molecule has 0 bridgehead atoms. The number of aromatic hydroxyl groups is 1. The number of rotatable bonds is 9.